The molecule has 2 aliphatic carbocycles. The molecular formula is C17H13F4N3O2. The molecule has 5 rings (SSSR count). The van der Waals surface area contributed by atoms with Crippen LogP contribution in [0.3, 0.4) is 0 Å². The van der Waals surface area contributed by atoms with Crippen molar-refractivity contribution in [3.8, 4) is 0 Å². The number of nitrogens with zero attached hydrogens (tertiary/aromatic N) is 3. The van der Waals surface area contributed by atoms with Crippen LogP contribution in [0.15, 0.2) is 21.7 Å². The van der Waals surface area contributed by atoms with E-state index in [0.717, 1.165) is 4.57 Å². The summed E-state index contributed by atoms with van der Waals surface area (Å²) < 4.78 is 60.1. The number of halogens is 4. The molecule has 1 spiro atoms. The summed E-state index contributed by atoms with van der Waals surface area (Å²) in [7, 11) is 1.32. The van der Waals surface area contributed by atoms with Crippen LogP contribution in [0.25, 0.3) is 0 Å². The molecule has 2 unspecified atom stereocenters. The van der Waals surface area contributed by atoms with E-state index in [9.17, 15) is 27.2 Å². The van der Waals surface area contributed by atoms with Gasteiger partial charge in [0, 0.05) is 30.0 Å². The Hall–Kier alpha value is -2.58. The quantitative estimate of drug-likeness (QED) is 0.309. The van der Waals surface area contributed by atoms with Crippen LogP contribution in [0.2, 0.25) is 0 Å². The van der Waals surface area contributed by atoms with Crippen LogP contribution in [-0.4, -0.2) is 13.9 Å². The van der Waals surface area contributed by atoms with Crippen molar-refractivity contribution >= 4 is 0 Å². The van der Waals surface area contributed by atoms with E-state index in [1.807, 2.05) is 0 Å². The van der Waals surface area contributed by atoms with E-state index in [1.165, 1.54) is 16.4 Å². The van der Waals surface area contributed by atoms with Gasteiger partial charge in [0.2, 0.25) is 0 Å². The highest BCUT2D eigenvalue weighted by atomic mass is 19.2. The van der Waals surface area contributed by atoms with Gasteiger partial charge in [0.15, 0.2) is 23.3 Å². The van der Waals surface area contributed by atoms with Gasteiger partial charge in [-0.1, -0.05) is 12.2 Å². The van der Waals surface area contributed by atoms with Crippen molar-refractivity contribution in [1.29, 1.82) is 0 Å². The van der Waals surface area contributed by atoms with Crippen molar-refractivity contribution in [2.24, 2.45) is 7.05 Å². The van der Waals surface area contributed by atoms with Crippen LogP contribution in [0, 0.1) is 23.3 Å². The molecule has 0 amide bonds. The van der Waals surface area contributed by atoms with Crippen LogP contribution < -0.4 is 11.4 Å². The number of hydrogen-bond acceptors (Lipinski definition) is 2. The van der Waals surface area contributed by atoms with E-state index >= 15 is 0 Å². The Kier molecular flexibility index (Phi) is 2.75. The van der Waals surface area contributed by atoms with Crippen LogP contribution in [-0.2, 0) is 19.1 Å². The largest absolute Gasteiger partial charge is 0.347 e. The zero-order chi connectivity index (χ0) is 18.5. The molecule has 9 heteroatoms. The first-order chi connectivity index (χ1) is 12.3. The van der Waals surface area contributed by atoms with Gasteiger partial charge >= 0.3 is 11.4 Å². The summed E-state index contributed by atoms with van der Waals surface area (Å²) in [5.74, 6) is -8.03. The first-order valence-electron chi connectivity index (χ1n) is 8.25. The van der Waals surface area contributed by atoms with Crippen molar-refractivity contribution in [2.45, 2.75) is 36.8 Å². The Morgan fingerprint density at radius 1 is 0.923 bits per heavy atom. The standard InChI is InChI=1S/C17H13F4N3O2/c1-22-15(25)23-6-2-5-17(24(23)16(22)26)7-3-4-8(17)10-9(7)11(18)13(20)14(21)12(10)19/h2,5,7-8H,3-4,6H2,1H3. The summed E-state index contributed by atoms with van der Waals surface area (Å²) >= 11 is 0. The minimum absolute atomic E-state index is 0.139. The molecule has 3 aliphatic rings. The number of rotatable bonds is 0. The average molecular weight is 367 g/mol. The third kappa shape index (κ3) is 1.42. The van der Waals surface area contributed by atoms with E-state index in [-0.39, 0.29) is 17.7 Å². The lowest BCUT2D eigenvalue weighted by atomic mass is 9.84. The van der Waals surface area contributed by atoms with Gasteiger partial charge in [0.1, 0.15) is 0 Å². The maximum absolute atomic E-state index is 14.5. The first-order valence-corrected chi connectivity index (χ1v) is 8.25. The van der Waals surface area contributed by atoms with Gasteiger partial charge in [0.25, 0.3) is 0 Å². The lowest BCUT2D eigenvalue weighted by Gasteiger charge is -2.36. The lowest BCUT2D eigenvalue weighted by molar-refractivity contribution is 0.232. The second-order valence-corrected chi connectivity index (χ2v) is 7.07. The summed E-state index contributed by atoms with van der Waals surface area (Å²) in [5.41, 5.74) is -2.85. The zero-order valence-electron chi connectivity index (χ0n) is 13.6. The van der Waals surface area contributed by atoms with E-state index in [0.29, 0.717) is 12.8 Å². The van der Waals surface area contributed by atoms with Gasteiger partial charge < -0.3 is 0 Å². The summed E-state index contributed by atoms with van der Waals surface area (Å²) in [6.07, 6.45) is 4.06. The molecule has 5 nitrogen and oxygen atoms in total. The van der Waals surface area contributed by atoms with Gasteiger partial charge in [0.05, 0.1) is 12.1 Å². The lowest BCUT2D eigenvalue weighted by Crippen LogP contribution is -2.48. The summed E-state index contributed by atoms with van der Waals surface area (Å²) in [4.78, 5) is 25.0. The van der Waals surface area contributed by atoms with Crippen molar-refractivity contribution in [3.63, 3.8) is 0 Å². The SMILES string of the molecule is Cn1c(=O)n2n(c1=O)C1(C=CC2)C2CCC1c1c(F)c(F)c(F)c(F)c12. The zero-order valence-corrected chi connectivity index (χ0v) is 13.6. The summed E-state index contributed by atoms with van der Waals surface area (Å²) in [5, 5.41) is 0. The summed E-state index contributed by atoms with van der Waals surface area (Å²) in [6.45, 7) is 0.139. The molecule has 0 radical (unpaired) electrons. The van der Waals surface area contributed by atoms with Crippen LogP contribution in [0.1, 0.15) is 35.8 Å². The predicted molar refractivity (Wildman–Crippen MR) is 82.0 cm³/mol. The smallest absolute Gasteiger partial charge is 0.246 e. The number of fused-ring (bicyclic) bond motifs is 4. The molecule has 2 atom stereocenters. The number of hydrogen-bond donors (Lipinski definition) is 0. The molecule has 1 aromatic heterocycles. The molecule has 1 aromatic carbocycles. The molecule has 1 aliphatic heterocycles. The van der Waals surface area contributed by atoms with Crippen LogP contribution >= 0.6 is 0 Å². The minimum Gasteiger partial charge on any atom is -0.246 e. The fourth-order valence-electron chi connectivity index (χ4n) is 5.20. The third-order valence-corrected chi connectivity index (χ3v) is 6.15. The fraction of sp³-hybridized carbons (Fsp3) is 0.412. The average Bonchev–Trinajstić information content (AvgIpc) is 3.20. The maximum Gasteiger partial charge on any atom is 0.347 e. The molecule has 136 valence electrons. The molecule has 2 aromatic rings. The second kappa shape index (κ2) is 4.57. The summed E-state index contributed by atoms with van der Waals surface area (Å²) in [6, 6.07) is 0. The topological polar surface area (TPSA) is 48.9 Å². The second-order valence-electron chi connectivity index (χ2n) is 7.07. The van der Waals surface area contributed by atoms with Crippen molar-refractivity contribution in [1.82, 2.24) is 13.9 Å². The van der Waals surface area contributed by atoms with Crippen molar-refractivity contribution < 1.29 is 17.6 Å². The Morgan fingerprint density at radius 3 is 2.00 bits per heavy atom. The van der Waals surface area contributed by atoms with Gasteiger partial charge in [-0.3, -0.25) is 0 Å². The molecule has 1 saturated carbocycles. The predicted octanol–water partition coefficient (Wildman–Crippen LogP) is 1.84. The first kappa shape index (κ1) is 15.7. The molecular weight excluding hydrogens is 354 g/mol. The third-order valence-electron chi connectivity index (χ3n) is 6.15. The van der Waals surface area contributed by atoms with Crippen molar-refractivity contribution in [2.75, 3.05) is 0 Å². The van der Waals surface area contributed by atoms with Crippen LogP contribution in [0.4, 0.5) is 17.6 Å². The Bertz CT molecular complexity index is 1100. The molecule has 26 heavy (non-hydrogen) atoms. The highest BCUT2D eigenvalue weighted by Gasteiger charge is 2.62. The van der Waals surface area contributed by atoms with E-state index in [4.69, 9.17) is 0 Å². The maximum atomic E-state index is 14.5. The monoisotopic (exact) mass is 367 g/mol. The Balaban J connectivity index is 1.90. The van der Waals surface area contributed by atoms with E-state index in [2.05, 4.69) is 0 Å². The van der Waals surface area contributed by atoms with E-state index < -0.39 is 52.0 Å². The fourth-order valence-corrected chi connectivity index (χ4v) is 5.20. The molecule has 2 bridgehead atoms. The molecule has 1 fully saturated rings. The minimum atomic E-state index is -1.85. The highest BCUT2D eigenvalue weighted by Crippen LogP contribution is 2.65. The number of benzene rings is 1. The van der Waals surface area contributed by atoms with Gasteiger partial charge in [-0.2, -0.15) is 0 Å². The Morgan fingerprint density at radius 2 is 1.46 bits per heavy atom. The normalized spacial score (nSPS) is 28.0. The van der Waals surface area contributed by atoms with Gasteiger partial charge in [-0.05, 0) is 12.8 Å². The van der Waals surface area contributed by atoms with E-state index in [1.54, 1.807) is 12.2 Å². The molecule has 0 saturated heterocycles. The Labute approximate surface area is 143 Å². The molecule has 0 N–H and O–H groups in total. The highest BCUT2D eigenvalue weighted by molar-refractivity contribution is 5.51. The van der Waals surface area contributed by atoms with Gasteiger partial charge in [-0.15, -0.1) is 0 Å². The van der Waals surface area contributed by atoms with Crippen LogP contribution in [0.5, 0.6) is 0 Å². The molecule has 2 heterocycles. The number of allylic oxidation sites excluding steroid dienone is 2. The van der Waals surface area contributed by atoms with Crippen molar-refractivity contribution in [3.05, 3.63) is 67.5 Å². The number of aromatic nitrogens is 3. The van der Waals surface area contributed by atoms with Gasteiger partial charge in [-0.25, -0.2) is 41.1 Å².